The maximum Gasteiger partial charge on any atom is 0.161 e. The molecule has 120 valence electrons. The molecule has 0 aromatic heterocycles. The number of rotatable bonds is 3. The van der Waals surface area contributed by atoms with Crippen molar-refractivity contribution in [2.75, 3.05) is 14.2 Å². The van der Waals surface area contributed by atoms with Gasteiger partial charge in [-0.25, -0.2) is 0 Å². The Bertz CT molecular complexity index is 924. The first-order valence-corrected chi connectivity index (χ1v) is 8.21. The molecule has 0 heterocycles. The molecule has 0 bridgehead atoms. The summed E-state index contributed by atoms with van der Waals surface area (Å²) in [5, 5.41) is 2.63. The van der Waals surface area contributed by atoms with E-state index in [2.05, 4.69) is 60.7 Å². The Morgan fingerprint density at radius 1 is 0.875 bits per heavy atom. The van der Waals surface area contributed by atoms with Crippen LogP contribution in [-0.2, 0) is 6.42 Å². The molecule has 1 aliphatic rings. The molecule has 2 heteroatoms. The Morgan fingerprint density at radius 3 is 2.54 bits per heavy atom. The van der Waals surface area contributed by atoms with Crippen LogP contribution in [0.1, 0.15) is 22.6 Å². The van der Waals surface area contributed by atoms with Crippen LogP contribution in [0.5, 0.6) is 11.5 Å². The standard InChI is InChI=1S/C22H20O2/c1-23-21-12-10-17(14-22(21)24-2)16-9-11-20-18(13-16)8-7-15-5-3-4-6-19(15)20/h3-12,14,16H,13H2,1-2H3. The minimum atomic E-state index is 0.360. The predicted molar refractivity (Wildman–Crippen MR) is 99.0 cm³/mol. The van der Waals surface area contributed by atoms with Gasteiger partial charge in [0.2, 0.25) is 0 Å². The molecule has 24 heavy (non-hydrogen) atoms. The van der Waals surface area contributed by atoms with Crippen LogP contribution >= 0.6 is 0 Å². The molecule has 0 aliphatic heterocycles. The van der Waals surface area contributed by atoms with Gasteiger partial charge >= 0.3 is 0 Å². The molecule has 1 atom stereocenters. The maximum atomic E-state index is 5.45. The van der Waals surface area contributed by atoms with Gasteiger partial charge in [0.1, 0.15) is 0 Å². The first kappa shape index (κ1) is 14.8. The van der Waals surface area contributed by atoms with Gasteiger partial charge in [-0.3, -0.25) is 0 Å². The lowest BCUT2D eigenvalue weighted by Gasteiger charge is -2.22. The Hall–Kier alpha value is -2.74. The molecule has 0 spiro atoms. The second-order valence-electron chi connectivity index (χ2n) is 6.14. The summed E-state index contributed by atoms with van der Waals surface area (Å²) in [6.45, 7) is 0. The molecular weight excluding hydrogens is 296 g/mol. The van der Waals surface area contributed by atoms with E-state index in [1.807, 2.05) is 6.07 Å². The van der Waals surface area contributed by atoms with Gasteiger partial charge in [-0.05, 0) is 46.0 Å². The van der Waals surface area contributed by atoms with Crippen LogP contribution in [0.4, 0.5) is 0 Å². The Morgan fingerprint density at radius 2 is 1.71 bits per heavy atom. The van der Waals surface area contributed by atoms with E-state index in [0.717, 1.165) is 17.9 Å². The predicted octanol–water partition coefficient (Wildman–Crippen LogP) is 5.21. The van der Waals surface area contributed by atoms with Gasteiger partial charge in [0.25, 0.3) is 0 Å². The van der Waals surface area contributed by atoms with Crippen molar-refractivity contribution in [3.63, 3.8) is 0 Å². The van der Waals surface area contributed by atoms with E-state index in [9.17, 15) is 0 Å². The molecule has 3 aromatic rings. The molecule has 2 nitrogen and oxygen atoms in total. The zero-order valence-electron chi connectivity index (χ0n) is 14.0. The Kier molecular flexibility index (Phi) is 3.73. The number of fused-ring (bicyclic) bond motifs is 3. The topological polar surface area (TPSA) is 18.5 Å². The summed E-state index contributed by atoms with van der Waals surface area (Å²) in [5.41, 5.74) is 4.00. The molecule has 1 unspecified atom stereocenters. The number of hydrogen-bond acceptors (Lipinski definition) is 2. The van der Waals surface area contributed by atoms with Crippen LogP contribution in [0.25, 0.3) is 16.8 Å². The molecule has 0 radical (unpaired) electrons. The van der Waals surface area contributed by atoms with Crippen molar-refractivity contribution in [3.05, 3.63) is 77.4 Å². The van der Waals surface area contributed by atoms with E-state index in [1.54, 1.807) is 14.2 Å². The molecule has 0 amide bonds. The molecule has 0 saturated heterocycles. The summed E-state index contributed by atoms with van der Waals surface area (Å²) in [4.78, 5) is 0. The highest BCUT2D eigenvalue weighted by Gasteiger charge is 2.18. The number of ether oxygens (including phenoxy) is 2. The van der Waals surface area contributed by atoms with E-state index in [0.29, 0.717) is 5.92 Å². The van der Waals surface area contributed by atoms with Crippen LogP contribution in [-0.4, -0.2) is 14.2 Å². The Balaban J connectivity index is 1.72. The van der Waals surface area contributed by atoms with Crippen molar-refractivity contribution in [2.24, 2.45) is 0 Å². The fourth-order valence-corrected chi connectivity index (χ4v) is 3.55. The lowest BCUT2D eigenvalue weighted by atomic mass is 9.83. The minimum absolute atomic E-state index is 0.360. The third kappa shape index (κ3) is 2.44. The van der Waals surface area contributed by atoms with Gasteiger partial charge in [-0.2, -0.15) is 0 Å². The summed E-state index contributed by atoms with van der Waals surface area (Å²) in [6, 6.07) is 19.2. The first-order chi connectivity index (χ1) is 11.8. The highest BCUT2D eigenvalue weighted by atomic mass is 16.5. The molecule has 0 fully saturated rings. The lowest BCUT2D eigenvalue weighted by Crippen LogP contribution is -2.06. The monoisotopic (exact) mass is 316 g/mol. The van der Waals surface area contributed by atoms with E-state index >= 15 is 0 Å². The van der Waals surface area contributed by atoms with E-state index in [-0.39, 0.29) is 0 Å². The van der Waals surface area contributed by atoms with Gasteiger partial charge < -0.3 is 9.47 Å². The summed E-state index contributed by atoms with van der Waals surface area (Å²) in [7, 11) is 3.35. The smallest absolute Gasteiger partial charge is 0.161 e. The molecule has 0 N–H and O–H groups in total. The van der Waals surface area contributed by atoms with Crippen LogP contribution in [0.3, 0.4) is 0 Å². The third-order valence-corrected chi connectivity index (χ3v) is 4.83. The molecule has 3 aromatic carbocycles. The van der Waals surface area contributed by atoms with E-state index in [1.165, 1.54) is 27.5 Å². The molecule has 4 rings (SSSR count). The van der Waals surface area contributed by atoms with Gasteiger partial charge in [-0.15, -0.1) is 0 Å². The number of benzene rings is 3. The van der Waals surface area contributed by atoms with Crippen molar-refractivity contribution in [1.82, 2.24) is 0 Å². The average molecular weight is 316 g/mol. The van der Waals surface area contributed by atoms with Crippen molar-refractivity contribution < 1.29 is 9.47 Å². The van der Waals surface area contributed by atoms with Crippen LogP contribution < -0.4 is 9.47 Å². The SMILES string of the molecule is COc1ccc(C2C=Cc3c(ccc4ccccc34)C2)cc1OC. The average Bonchev–Trinajstić information content (AvgIpc) is 2.66. The maximum absolute atomic E-state index is 5.45. The van der Waals surface area contributed by atoms with Crippen molar-refractivity contribution in [1.29, 1.82) is 0 Å². The van der Waals surface area contributed by atoms with E-state index in [4.69, 9.17) is 9.47 Å². The van der Waals surface area contributed by atoms with Gasteiger partial charge in [0.05, 0.1) is 14.2 Å². The summed E-state index contributed by atoms with van der Waals surface area (Å²) >= 11 is 0. The van der Waals surface area contributed by atoms with Crippen molar-refractivity contribution in [3.8, 4) is 11.5 Å². The van der Waals surface area contributed by atoms with Crippen LogP contribution in [0, 0.1) is 0 Å². The summed E-state index contributed by atoms with van der Waals surface area (Å²) in [5.74, 6) is 1.92. The molecule has 0 saturated carbocycles. The number of hydrogen-bond donors (Lipinski definition) is 0. The van der Waals surface area contributed by atoms with Crippen molar-refractivity contribution >= 4 is 16.8 Å². The minimum Gasteiger partial charge on any atom is -0.493 e. The third-order valence-electron chi connectivity index (χ3n) is 4.83. The fourth-order valence-electron chi connectivity index (χ4n) is 3.55. The Labute approximate surface area is 142 Å². The fraction of sp³-hybridized carbons (Fsp3) is 0.182. The van der Waals surface area contributed by atoms with Crippen LogP contribution in [0.2, 0.25) is 0 Å². The summed E-state index contributed by atoms with van der Waals surface area (Å²) in [6.07, 6.45) is 5.57. The number of methoxy groups -OCH3 is 2. The second kappa shape index (κ2) is 6.04. The lowest BCUT2D eigenvalue weighted by molar-refractivity contribution is 0.354. The van der Waals surface area contributed by atoms with Gasteiger partial charge in [0.15, 0.2) is 11.5 Å². The normalized spacial score (nSPS) is 16.0. The quantitative estimate of drug-likeness (QED) is 0.660. The van der Waals surface area contributed by atoms with Gasteiger partial charge in [0, 0.05) is 5.92 Å². The molecular formula is C22H20O2. The number of allylic oxidation sites excluding steroid dienone is 1. The second-order valence-corrected chi connectivity index (χ2v) is 6.14. The zero-order valence-corrected chi connectivity index (χ0v) is 14.0. The van der Waals surface area contributed by atoms with E-state index < -0.39 is 0 Å². The highest BCUT2D eigenvalue weighted by molar-refractivity contribution is 5.92. The van der Waals surface area contributed by atoms with Gasteiger partial charge in [-0.1, -0.05) is 54.6 Å². The van der Waals surface area contributed by atoms with Crippen molar-refractivity contribution in [2.45, 2.75) is 12.3 Å². The summed E-state index contributed by atoms with van der Waals surface area (Å²) < 4.78 is 10.8. The highest BCUT2D eigenvalue weighted by Crippen LogP contribution is 2.37. The van der Waals surface area contributed by atoms with Crippen LogP contribution in [0.15, 0.2) is 60.7 Å². The molecule has 1 aliphatic carbocycles. The first-order valence-electron chi connectivity index (χ1n) is 8.21. The zero-order chi connectivity index (χ0) is 16.5. The largest absolute Gasteiger partial charge is 0.493 e.